The smallest absolute Gasteiger partial charge is 0.336 e. The van der Waals surface area contributed by atoms with Gasteiger partial charge in [-0.2, -0.15) is 5.26 Å². The quantitative estimate of drug-likeness (QED) is 0.877. The molecule has 1 heterocycles. The average molecular weight is 242 g/mol. The number of aromatic nitrogens is 1. The van der Waals surface area contributed by atoms with E-state index in [4.69, 9.17) is 10.4 Å². The first-order valence-electron chi connectivity index (χ1n) is 5.00. The first-order chi connectivity index (χ1) is 8.61. The molecule has 2 rings (SSSR count). The molecule has 88 valence electrons. The molecule has 4 nitrogen and oxygen atoms in total. The van der Waals surface area contributed by atoms with Gasteiger partial charge in [0.15, 0.2) is 0 Å². The van der Waals surface area contributed by atoms with E-state index in [1.165, 1.54) is 30.6 Å². The third-order valence-electron chi connectivity index (χ3n) is 2.39. The molecule has 0 saturated heterocycles. The highest BCUT2D eigenvalue weighted by Gasteiger charge is 2.13. The second kappa shape index (κ2) is 4.63. The molecule has 1 aromatic carbocycles. The highest BCUT2D eigenvalue weighted by molar-refractivity contribution is 5.96. The van der Waals surface area contributed by atoms with Gasteiger partial charge >= 0.3 is 5.97 Å². The van der Waals surface area contributed by atoms with Crippen LogP contribution in [-0.4, -0.2) is 16.1 Å². The zero-order chi connectivity index (χ0) is 13.1. The summed E-state index contributed by atoms with van der Waals surface area (Å²) in [4.78, 5) is 14.9. The number of carboxylic acid groups (broad SMARTS) is 1. The van der Waals surface area contributed by atoms with Crippen LogP contribution >= 0.6 is 0 Å². The summed E-state index contributed by atoms with van der Waals surface area (Å²) in [5.41, 5.74) is 0.944. The van der Waals surface area contributed by atoms with Crippen molar-refractivity contribution in [3.63, 3.8) is 0 Å². The second-order valence-electron chi connectivity index (χ2n) is 3.57. The van der Waals surface area contributed by atoms with E-state index in [0.29, 0.717) is 16.7 Å². The third-order valence-corrected chi connectivity index (χ3v) is 2.39. The summed E-state index contributed by atoms with van der Waals surface area (Å²) in [5, 5.41) is 17.8. The van der Waals surface area contributed by atoms with Crippen molar-refractivity contribution in [1.29, 1.82) is 5.26 Å². The maximum Gasteiger partial charge on any atom is 0.336 e. The Morgan fingerprint density at radius 2 is 2.11 bits per heavy atom. The molecular weight excluding hydrogens is 235 g/mol. The molecule has 0 saturated carbocycles. The van der Waals surface area contributed by atoms with E-state index in [0.717, 1.165) is 6.07 Å². The number of pyridine rings is 1. The molecule has 0 aliphatic heterocycles. The van der Waals surface area contributed by atoms with Crippen LogP contribution in [0.25, 0.3) is 11.1 Å². The molecule has 0 bridgehead atoms. The number of carboxylic acids is 1. The molecule has 0 atom stereocenters. The molecule has 0 fully saturated rings. The second-order valence-corrected chi connectivity index (χ2v) is 3.57. The van der Waals surface area contributed by atoms with Crippen LogP contribution in [0.1, 0.15) is 15.9 Å². The molecule has 0 radical (unpaired) electrons. The minimum absolute atomic E-state index is 0.160. The normalized spacial score (nSPS) is 9.78. The van der Waals surface area contributed by atoms with Gasteiger partial charge in [0.2, 0.25) is 0 Å². The minimum Gasteiger partial charge on any atom is -0.478 e. The topological polar surface area (TPSA) is 74.0 Å². The largest absolute Gasteiger partial charge is 0.478 e. The van der Waals surface area contributed by atoms with Crippen molar-refractivity contribution in [2.45, 2.75) is 0 Å². The van der Waals surface area contributed by atoms with Gasteiger partial charge in [-0.25, -0.2) is 9.18 Å². The number of benzene rings is 1. The van der Waals surface area contributed by atoms with Crippen molar-refractivity contribution in [2.75, 3.05) is 0 Å². The maximum absolute atomic E-state index is 13.0. The van der Waals surface area contributed by atoms with E-state index in [9.17, 15) is 9.18 Å². The molecule has 5 heteroatoms. The first-order valence-corrected chi connectivity index (χ1v) is 5.00. The van der Waals surface area contributed by atoms with Crippen LogP contribution in [0.3, 0.4) is 0 Å². The van der Waals surface area contributed by atoms with E-state index in [-0.39, 0.29) is 5.56 Å². The SMILES string of the molecule is N#Cc1cncc(-c2ccc(F)cc2C(=O)O)c1. The fourth-order valence-electron chi connectivity index (χ4n) is 1.59. The van der Waals surface area contributed by atoms with Gasteiger partial charge in [0.1, 0.15) is 11.9 Å². The van der Waals surface area contributed by atoms with Gasteiger partial charge in [-0.1, -0.05) is 6.07 Å². The Hall–Kier alpha value is -2.74. The first kappa shape index (κ1) is 11.7. The van der Waals surface area contributed by atoms with Gasteiger partial charge < -0.3 is 5.11 Å². The summed E-state index contributed by atoms with van der Waals surface area (Å²) >= 11 is 0. The van der Waals surface area contributed by atoms with Crippen LogP contribution < -0.4 is 0 Å². The van der Waals surface area contributed by atoms with Crippen molar-refractivity contribution < 1.29 is 14.3 Å². The van der Waals surface area contributed by atoms with Gasteiger partial charge in [0, 0.05) is 18.0 Å². The van der Waals surface area contributed by atoms with Crippen molar-refractivity contribution in [1.82, 2.24) is 4.98 Å². The Kier molecular flexibility index (Phi) is 3.02. The van der Waals surface area contributed by atoms with E-state index in [1.54, 1.807) is 0 Å². The molecular formula is C13H7FN2O2. The standard InChI is InChI=1S/C13H7FN2O2/c14-10-1-2-11(12(4-10)13(17)18)9-3-8(5-15)6-16-7-9/h1-4,6-7H,(H,17,18). The van der Waals surface area contributed by atoms with Crippen LogP contribution in [0.5, 0.6) is 0 Å². The van der Waals surface area contributed by atoms with Gasteiger partial charge in [0.25, 0.3) is 0 Å². The lowest BCUT2D eigenvalue weighted by Crippen LogP contribution is -2.00. The number of halogens is 1. The Labute approximate surface area is 102 Å². The summed E-state index contributed by atoms with van der Waals surface area (Å²) in [6.07, 6.45) is 2.80. The zero-order valence-corrected chi connectivity index (χ0v) is 9.09. The molecule has 1 N–H and O–H groups in total. The summed E-state index contributed by atoms with van der Waals surface area (Å²) in [5.74, 6) is -1.85. The van der Waals surface area contributed by atoms with Crippen molar-refractivity contribution >= 4 is 5.97 Å². The summed E-state index contributed by atoms with van der Waals surface area (Å²) in [6, 6.07) is 6.89. The summed E-state index contributed by atoms with van der Waals surface area (Å²) in [7, 11) is 0. The average Bonchev–Trinajstić information content (AvgIpc) is 2.38. The molecule has 0 aliphatic carbocycles. The number of hydrogen-bond acceptors (Lipinski definition) is 3. The number of rotatable bonds is 2. The monoisotopic (exact) mass is 242 g/mol. The lowest BCUT2D eigenvalue weighted by atomic mass is 10.00. The fourth-order valence-corrected chi connectivity index (χ4v) is 1.59. The van der Waals surface area contributed by atoms with E-state index < -0.39 is 11.8 Å². The minimum atomic E-state index is -1.23. The number of hydrogen-bond donors (Lipinski definition) is 1. The Balaban J connectivity index is 2.63. The number of nitriles is 1. The lowest BCUT2D eigenvalue weighted by molar-refractivity contribution is 0.0697. The van der Waals surface area contributed by atoms with Crippen LogP contribution in [0.2, 0.25) is 0 Å². The zero-order valence-electron chi connectivity index (χ0n) is 9.09. The Morgan fingerprint density at radius 3 is 2.78 bits per heavy atom. The van der Waals surface area contributed by atoms with Gasteiger partial charge in [-0.05, 0) is 23.8 Å². The Bertz CT molecular complexity index is 662. The molecule has 0 amide bonds. The van der Waals surface area contributed by atoms with Crippen LogP contribution in [0, 0.1) is 17.1 Å². The highest BCUT2D eigenvalue weighted by Crippen LogP contribution is 2.24. The molecule has 0 unspecified atom stereocenters. The van der Waals surface area contributed by atoms with Gasteiger partial charge in [-0.3, -0.25) is 4.98 Å². The molecule has 18 heavy (non-hydrogen) atoms. The predicted octanol–water partition coefficient (Wildman–Crippen LogP) is 2.46. The van der Waals surface area contributed by atoms with Crippen LogP contribution in [0.4, 0.5) is 4.39 Å². The maximum atomic E-state index is 13.0. The van der Waals surface area contributed by atoms with Crippen molar-refractivity contribution in [2.24, 2.45) is 0 Å². The summed E-state index contributed by atoms with van der Waals surface area (Å²) in [6.45, 7) is 0. The van der Waals surface area contributed by atoms with E-state index in [1.807, 2.05) is 6.07 Å². The highest BCUT2D eigenvalue weighted by atomic mass is 19.1. The van der Waals surface area contributed by atoms with Gasteiger partial charge in [-0.15, -0.1) is 0 Å². The Morgan fingerprint density at radius 1 is 1.33 bits per heavy atom. The number of nitrogens with zero attached hydrogens (tertiary/aromatic N) is 2. The summed E-state index contributed by atoms with van der Waals surface area (Å²) < 4.78 is 13.0. The molecule has 2 aromatic rings. The predicted molar refractivity (Wildman–Crippen MR) is 61.3 cm³/mol. The molecule has 1 aromatic heterocycles. The number of aromatic carboxylic acids is 1. The number of carbonyl (C=O) groups is 1. The van der Waals surface area contributed by atoms with Crippen LogP contribution in [0.15, 0.2) is 36.7 Å². The van der Waals surface area contributed by atoms with Crippen molar-refractivity contribution in [3.8, 4) is 17.2 Å². The molecule has 0 spiro atoms. The lowest BCUT2D eigenvalue weighted by Gasteiger charge is -2.06. The van der Waals surface area contributed by atoms with Gasteiger partial charge in [0.05, 0.1) is 11.1 Å². The van der Waals surface area contributed by atoms with Crippen molar-refractivity contribution in [3.05, 3.63) is 53.6 Å². The van der Waals surface area contributed by atoms with Crippen LogP contribution in [-0.2, 0) is 0 Å². The third kappa shape index (κ3) is 2.18. The van der Waals surface area contributed by atoms with E-state index >= 15 is 0 Å². The fraction of sp³-hybridized carbons (Fsp3) is 0. The molecule has 0 aliphatic rings. The van der Waals surface area contributed by atoms with E-state index in [2.05, 4.69) is 4.98 Å².